The molecule has 1 aliphatic carbocycles. The van der Waals surface area contributed by atoms with Crippen LogP contribution in [0.2, 0.25) is 0 Å². The first kappa shape index (κ1) is 10.5. The van der Waals surface area contributed by atoms with Crippen LogP contribution < -0.4 is 0 Å². The highest BCUT2D eigenvalue weighted by molar-refractivity contribution is 9.11. The van der Waals surface area contributed by atoms with E-state index >= 15 is 0 Å². The van der Waals surface area contributed by atoms with Gasteiger partial charge in [-0.3, -0.25) is 0 Å². The molecule has 1 aromatic heterocycles. The lowest BCUT2D eigenvalue weighted by atomic mass is 10.2. The van der Waals surface area contributed by atoms with E-state index in [1.54, 1.807) is 0 Å². The number of benzene rings is 1. The van der Waals surface area contributed by atoms with Crippen molar-refractivity contribution in [2.75, 3.05) is 0 Å². The summed E-state index contributed by atoms with van der Waals surface area (Å²) < 4.78 is 7.62. The molecule has 0 spiro atoms. The zero-order valence-electron chi connectivity index (χ0n) is 8.28. The van der Waals surface area contributed by atoms with Crippen LogP contribution in [0.15, 0.2) is 31.6 Å². The molecule has 0 bridgehead atoms. The van der Waals surface area contributed by atoms with E-state index in [4.69, 9.17) is 4.42 Å². The molecule has 1 aliphatic rings. The summed E-state index contributed by atoms with van der Waals surface area (Å²) in [7, 11) is 0. The predicted octanol–water partition coefficient (Wildman–Crippen LogP) is 4.14. The first-order valence-corrected chi connectivity index (χ1v) is 6.61. The van der Waals surface area contributed by atoms with Crippen LogP contribution in [-0.2, 0) is 0 Å². The largest absolute Gasteiger partial charge is 0.420 e. The molecule has 0 aliphatic heterocycles. The molecule has 1 fully saturated rings. The minimum absolute atomic E-state index is 0.497. The fourth-order valence-electron chi connectivity index (χ4n) is 1.52. The van der Waals surface area contributed by atoms with Crippen LogP contribution >= 0.6 is 31.9 Å². The van der Waals surface area contributed by atoms with Gasteiger partial charge >= 0.3 is 0 Å². The number of rotatable bonds is 2. The molecule has 3 rings (SSSR count). The monoisotopic (exact) mass is 342 g/mol. The maximum absolute atomic E-state index is 5.64. The Balaban J connectivity index is 2.00. The highest BCUT2D eigenvalue weighted by Crippen LogP contribution is 2.40. The Hall–Kier alpha value is -0.680. The molecule has 0 amide bonds. The second kappa shape index (κ2) is 3.96. The summed E-state index contributed by atoms with van der Waals surface area (Å²) in [6.07, 6.45) is 2.34. The fourth-order valence-corrected chi connectivity index (χ4v) is 2.82. The number of nitrogens with zero attached hydrogens (tertiary/aromatic N) is 2. The van der Waals surface area contributed by atoms with E-state index in [1.165, 1.54) is 12.8 Å². The number of aromatic nitrogens is 2. The van der Waals surface area contributed by atoms with Crippen molar-refractivity contribution in [1.29, 1.82) is 0 Å². The van der Waals surface area contributed by atoms with Crippen molar-refractivity contribution >= 4 is 31.9 Å². The highest BCUT2D eigenvalue weighted by Gasteiger charge is 2.29. The Labute approximate surface area is 110 Å². The van der Waals surface area contributed by atoms with Gasteiger partial charge in [-0.25, -0.2) is 0 Å². The minimum atomic E-state index is 0.497. The molecule has 5 heteroatoms. The van der Waals surface area contributed by atoms with Crippen molar-refractivity contribution in [2.45, 2.75) is 18.8 Å². The van der Waals surface area contributed by atoms with Crippen LogP contribution in [0.25, 0.3) is 11.5 Å². The molecule has 0 unspecified atom stereocenters. The van der Waals surface area contributed by atoms with E-state index in [9.17, 15) is 0 Å². The summed E-state index contributed by atoms with van der Waals surface area (Å²) in [4.78, 5) is 0. The van der Waals surface area contributed by atoms with Crippen LogP contribution in [0.3, 0.4) is 0 Å². The molecule has 1 saturated carbocycles. The van der Waals surface area contributed by atoms with Crippen molar-refractivity contribution in [3.05, 3.63) is 33.0 Å². The topological polar surface area (TPSA) is 38.9 Å². The Kier molecular flexibility index (Phi) is 2.59. The molecule has 0 saturated heterocycles. The second-order valence-electron chi connectivity index (χ2n) is 3.88. The Bertz CT molecular complexity index is 514. The molecule has 3 nitrogen and oxygen atoms in total. The SMILES string of the molecule is Brc1cc(Br)cc(-c2nnc(C3CC3)o2)c1. The molecule has 2 aromatic rings. The van der Waals surface area contributed by atoms with E-state index in [1.807, 2.05) is 18.2 Å². The van der Waals surface area contributed by atoms with Gasteiger partial charge in [-0.15, -0.1) is 10.2 Å². The van der Waals surface area contributed by atoms with Crippen molar-refractivity contribution in [3.63, 3.8) is 0 Å². The first-order chi connectivity index (χ1) is 7.72. The molecular formula is C11H8Br2N2O. The fraction of sp³-hybridized carbons (Fsp3) is 0.273. The average molecular weight is 344 g/mol. The number of hydrogen-bond donors (Lipinski definition) is 0. The van der Waals surface area contributed by atoms with Gasteiger partial charge in [0.1, 0.15) is 0 Å². The number of hydrogen-bond acceptors (Lipinski definition) is 3. The Morgan fingerprint density at radius 3 is 2.38 bits per heavy atom. The molecule has 0 N–H and O–H groups in total. The van der Waals surface area contributed by atoms with Crippen LogP contribution in [0, 0.1) is 0 Å². The lowest BCUT2D eigenvalue weighted by molar-refractivity contribution is 0.508. The van der Waals surface area contributed by atoms with Gasteiger partial charge in [-0.1, -0.05) is 31.9 Å². The van der Waals surface area contributed by atoms with Crippen molar-refractivity contribution < 1.29 is 4.42 Å². The van der Waals surface area contributed by atoms with Crippen LogP contribution in [0.1, 0.15) is 24.7 Å². The van der Waals surface area contributed by atoms with E-state index in [0.717, 1.165) is 20.4 Å². The maximum atomic E-state index is 5.64. The Morgan fingerprint density at radius 2 is 1.75 bits per heavy atom. The molecular weight excluding hydrogens is 336 g/mol. The van der Waals surface area contributed by atoms with Crippen molar-refractivity contribution in [1.82, 2.24) is 10.2 Å². The zero-order valence-corrected chi connectivity index (χ0v) is 11.5. The highest BCUT2D eigenvalue weighted by atomic mass is 79.9. The van der Waals surface area contributed by atoms with Gasteiger partial charge in [0.15, 0.2) is 0 Å². The van der Waals surface area contributed by atoms with Crippen molar-refractivity contribution in [2.24, 2.45) is 0 Å². The molecule has 1 heterocycles. The lowest BCUT2D eigenvalue weighted by Crippen LogP contribution is -1.78. The van der Waals surface area contributed by atoms with E-state index in [0.29, 0.717) is 11.8 Å². The third-order valence-electron chi connectivity index (χ3n) is 2.48. The van der Waals surface area contributed by atoms with Crippen LogP contribution in [0.4, 0.5) is 0 Å². The molecule has 82 valence electrons. The quantitative estimate of drug-likeness (QED) is 0.822. The molecule has 16 heavy (non-hydrogen) atoms. The van der Waals surface area contributed by atoms with Gasteiger partial charge in [0.05, 0.1) is 0 Å². The van der Waals surface area contributed by atoms with Crippen molar-refractivity contribution in [3.8, 4) is 11.5 Å². The molecule has 0 atom stereocenters. The summed E-state index contributed by atoms with van der Waals surface area (Å²) in [6.45, 7) is 0. The third-order valence-corrected chi connectivity index (χ3v) is 3.39. The predicted molar refractivity (Wildman–Crippen MR) is 67.1 cm³/mol. The summed E-state index contributed by atoms with van der Waals surface area (Å²) in [6, 6.07) is 5.91. The zero-order chi connectivity index (χ0) is 11.1. The van der Waals surface area contributed by atoms with E-state index in [-0.39, 0.29) is 0 Å². The standard InChI is InChI=1S/C11H8Br2N2O/c12-8-3-7(4-9(13)5-8)11-15-14-10(16-11)6-1-2-6/h3-6H,1-2H2. The van der Waals surface area contributed by atoms with Crippen LogP contribution in [0.5, 0.6) is 0 Å². The summed E-state index contributed by atoms with van der Waals surface area (Å²) in [5, 5.41) is 8.14. The molecule has 1 aromatic carbocycles. The van der Waals surface area contributed by atoms with Gasteiger partial charge < -0.3 is 4.42 Å². The maximum Gasteiger partial charge on any atom is 0.247 e. The lowest BCUT2D eigenvalue weighted by Gasteiger charge is -1.97. The van der Waals surface area contributed by atoms with E-state index in [2.05, 4.69) is 42.1 Å². The second-order valence-corrected chi connectivity index (χ2v) is 5.71. The summed E-state index contributed by atoms with van der Waals surface area (Å²) in [5.41, 5.74) is 0.931. The first-order valence-electron chi connectivity index (χ1n) is 5.02. The van der Waals surface area contributed by atoms with Gasteiger partial charge in [-0.2, -0.15) is 0 Å². The van der Waals surface area contributed by atoms with Crippen LogP contribution in [-0.4, -0.2) is 10.2 Å². The average Bonchev–Trinajstić information content (AvgIpc) is 2.95. The smallest absolute Gasteiger partial charge is 0.247 e. The summed E-state index contributed by atoms with van der Waals surface area (Å²) in [5.74, 6) is 1.85. The van der Waals surface area contributed by atoms with Gasteiger partial charge in [-0.05, 0) is 31.0 Å². The van der Waals surface area contributed by atoms with Gasteiger partial charge in [0.2, 0.25) is 11.8 Å². The van der Waals surface area contributed by atoms with E-state index < -0.39 is 0 Å². The van der Waals surface area contributed by atoms with Gasteiger partial charge in [0.25, 0.3) is 0 Å². The third kappa shape index (κ3) is 2.06. The van der Waals surface area contributed by atoms with Gasteiger partial charge in [0, 0.05) is 20.4 Å². The summed E-state index contributed by atoms with van der Waals surface area (Å²) >= 11 is 6.88. The number of halogens is 2. The minimum Gasteiger partial charge on any atom is -0.420 e. The molecule has 0 radical (unpaired) electrons. The Morgan fingerprint density at radius 1 is 1.06 bits per heavy atom. The normalized spacial score (nSPS) is 15.4.